The normalized spacial score (nSPS) is 14.7. The first-order valence-corrected chi connectivity index (χ1v) is 10.8. The Labute approximate surface area is 188 Å². The lowest BCUT2D eigenvalue weighted by atomic mass is 10.1. The summed E-state index contributed by atoms with van der Waals surface area (Å²) in [6, 6.07) is 10.7. The van der Waals surface area contributed by atoms with Crippen molar-refractivity contribution in [3.63, 3.8) is 0 Å². The van der Waals surface area contributed by atoms with Gasteiger partial charge in [0.25, 0.3) is 0 Å². The Kier molecular flexibility index (Phi) is 5.88. The van der Waals surface area contributed by atoms with E-state index in [0.29, 0.717) is 44.2 Å². The summed E-state index contributed by atoms with van der Waals surface area (Å²) < 4.78 is 17.1. The predicted octanol–water partition coefficient (Wildman–Crippen LogP) is 4.38. The molecule has 1 aromatic heterocycles. The fraction of sp³-hybridized carbons (Fsp3) is 0.238. The summed E-state index contributed by atoms with van der Waals surface area (Å²) in [6.07, 6.45) is 0.928. The molecule has 10 heteroatoms. The Morgan fingerprint density at radius 2 is 1.87 bits per heavy atom. The van der Waals surface area contributed by atoms with Crippen LogP contribution in [0.3, 0.4) is 0 Å². The molecule has 0 radical (unpaired) electrons. The lowest BCUT2D eigenvalue weighted by Gasteiger charge is -2.30. The third kappa shape index (κ3) is 3.75. The number of anilines is 1. The van der Waals surface area contributed by atoms with Gasteiger partial charge in [0.05, 0.1) is 24.9 Å². The van der Waals surface area contributed by atoms with Crippen molar-refractivity contribution in [2.75, 3.05) is 25.4 Å². The van der Waals surface area contributed by atoms with E-state index in [1.54, 1.807) is 12.1 Å². The molecule has 0 bridgehead atoms. The monoisotopic (exact) mass is 458 g/mol. The van der Waals surface area contributed by atoms with E-state index in [-0.39, 0.29) is 11.8 Å². The number of fused-ring (bicyclic) bond motifs is 3. The molecule has 1 aliphatic heterocycles. The first kappa shape index (κ1) is 21.2. The average molecular weight is 459 g/mol. The van der Waals surface area contributed by atoms with Gasteiger partial charge in [0.2, 0.25) is 23.2 Å². The molecule has 0 saturated heterocycles. The molecule has 4 rings (SSSR count). The van der Waals surface area contributed by atoms with Crippen molar-refractivity contribution in [2.45, 2.75) is 18.3 Å². The number of methoxy groups -OCH3 is 2. The summed E-state index contributed by atoms with van der Waals surface area (Å²) in [5.41, 5.74) is 2.25. The zero-order chi connectivity index (χ0) is 22.1. The zero-order valence-electron chi connectivity index (χ0n) is 17.2. The molecule has 0 spiro atoms. The molecule has 31 heavy (non-hydrogen) atoms. The van der Waals surface area contributed by atoms with Crippen LogP contribution in [0.1, 0.15) is 18.7 Å². The van der Waals surface area contributed by atoms with Gasteiger partial charge in [-0.05, 0) is 18.4 Å². The van der Waals surface area contributed by atoms with Gasteiger partial charge in [0, 0.05) is 24.1 Å². The number of benzene rings is 2. The van der Waals surface area contributed by atoms with Crippen LogP contribution < -0.4 is 19.1 Å². The number of hydrogen-bond acceptors (Lipinski definition) is 8. The van der Waals surface area contributed by atoms with Crippen LogP contribution in [0.25, 0.3) is 11.3 Å². The van der Waals surface area contributed by atoms with Gasteiger partial charge in [-0.15, -0.1) is 10.2 Å². The van der Waals surface area contributed by atoms with Gasteiger partial charge in [-0.25, -0.2) is 0 Å². The van der Waals surface area contributed by atoms with Crippen molar-refractivity contribution in [3.8, 4) is 28.6 Å². The van der Waals surface area contributed by atoms with E-state index in [9.17, 15) is 4.79 Å². The van der Waals surface area contributed by atoms with Crippen molar-refractivity contribution in [1.29, 1.82) is 0 Å². The van der Waals surface area contributed by atoms with E-state index in [1.807, 2.05) is 30.5 Å². The van der Waals surface area contributed by atoms with Gasteiger partial charge in [0.15, 0.2) is 17.2 Å². The molecule has 0 fully saturated rings. The number of carbonyl (C=O) groups is 1. The van der Waals surface area contributed by atoms with Crippen molar-refractivity contribution in [3.05, 3.63) is 47.0 Å². The van der Waals surface area contributed by atoms with Gasteiger partial charge in [-0.2, -0.15) is 4.98 Å². The number of nitrogens with zero attached hydrogens (tertiary/aromatic N) is 4. The van der Waals surface area contributed by atoms with Gasteiger partial charge in [-0.3, -0.25) is 9.69 Å². The summed E-state index contributed by atoms with van der Waals surface area (Å²) in [4.78, 5) is 18.9. The van der Waals surface area contributed by atoms with Gasteiger partial charge < -0.3 is 14.2 Å². The van der Waals surface area contributed by atoms with Crippen LogP contribution in [0.15, 0.2) is 41.6 Å². The van der Waals surface area contributed by atoms with E-state index in [0.717, 1.165) is 0 Å². The molecular weight excluding hydrogens is 440 g/mol. The van der Waals surface area contributed by atoms with Crippen molar-refractivity contribution in [2.24, 2.45) is 0 Å². The van der Waals surface area contributed by atoms with Crippen LogP contribution >= 0.6 is 23.4 Å². The molecule has 0 N–H and O–H groups in total. The zero-order valence-corrected chi connectivity index (χ0v) is 18.8. The van der Waals surface area contributed by atoms with E-state index >= 15 is 0 Å². The first-order valence-electron chi connectivity index (χ1n) is 9.24. The standard InChI is InChI=1S/C21H19ClN4O4S/c1-11(27)26-15-8-6-5-7-12(15)18-19(23-21(31-4)25-24-18)30-20(26)13-9-16(28-2)17(29-3)10-14(13)22/h5-10,20H,1-4H3/t20-/m0/s1. The number of amides is 1. The second kappa shape index (κ2) is 8.60. The van der Waals surface area contributed by atoms with Crippen LogP contribution in [0, 0.1) is 0 Å². The Balaban J connectivity index is 1.99. The lowest BCUT2D eigenvalue weighted by molar-refractivity contribution is -0.118. The molecule has 2 aromatic carbocycles. The fourth-order valence-corrected chi connectivity index (χ4v) is 3.94. The SMILES string of the molecule is COc1cc(Cl)c([C@@H]2Oc3nc(SC)nnc3-c3ccccc3N2C(C)=O)cc1OC. The molecule has 0 aliphatic carbocycles. The molecule has 0 saturated carbocycles. The Morgan fingerprint density at radius 3 is 2.55 bits per heavy atom. The number of thioether (sulfide) groups is 1. The largest absolute Gasteiger partial charge is 0.493 e. The molecular formula is C21H19ClN4O4S. The van der Waals surface area contributed by atoms with Crippen LogP contribution in [-0.2, 0) is 4.79 Å². The summed E-state index contributed by atoms with van der Waals surface area (Å²) in [7, 11) is 3.05. The number of rotatable bonds is 4. The number of hydrogen-bond donors (Lipinski definition) is 0. The van der Waals surface area contributed by atoms with Gasteiger partial charge in [0.1, 0.15) is 0 Å². The van der Waals surface area contributed by atoms with Crippen molar-refractivity contribution < 1.29 is 19.0 Å². The van der Waals surface area contributed by atoms with Crippen LogP contribution in [-0.4, -0.2) is 41.6 Å². The van der Waals surface area contributed by atoms with E-state index in [4.69, 9.17) is 25.8 Å². The average Bonchev–Trinajstić information content (AvgIpc) is 2.92. The molecule has 1 aliphatic rings. The van der Waals surface area contributed by atoms with Crippen molar-refractivity contribution >= 4 is 35.0 Å². The topological polar surface area (TPSA) is 86.7 Å². The minimum atomic E-state index is -0.918. The van der Waals surface area contributed by atoms with Gasteiger partial charge >= 0.3 is 0 Å². The number of carbonyl (C=O) groups excluding carboxylic acids is 1. The van der Waals surface area contributed by atoms with E-state index in [2.05, 4.69) is 15.2 Å². The lowest BCUT2D eigenvalue weighted by Crippen LogP contribution is -2.36. The number of aromatic nitrogens is 3. The molecule has 3 aromatic rings. The second-order valence-electron chi connectivity index (χ2n) is 6.56. The molecule has 0 unspecified atom stereocenters. The van der Waals surface area contributed by atoms with Gasteiger partial charge in [-0.1, -0.05) is 41.6 Å². The highest BCUT2D eigenvalue weighted by Crippen LogP contribution is 2.46. The summed E-state index contributed by atoms with van der Waals surface area (Å²) >= 11 is 7.94. The van der Waals surface area contributed by atoms with Crippen LogP contribution in [0.5, 0.6) is 17.4 Å². The van der Waals surface area contributed by atoms with Crippen LogP contribution in [0.4, 0.5) is 5.69 Å². The smallest absolute Gasteiger partial charge is 0.247 e. The summed E-state index contributed by atoms with van der Waals surface area (Å²) in [5.74, 6) is 0.937. The third-order valence-corrected chi connectivity index (χ3v) is 5.67. The molecule has 2 heterocycles. The Morgan fingerprint density at radius 1 is 1.16 bits per heavy atom. The second-order valence-corrected chi connectivity index (χ2v) is 7.74. The quantitative estimate of drug-likeness (QED) is 0.532. The maximum atomic E-state index is 12.8. The Bertz CT molecular complexity index is 1160. The Hall–Kier alpha value is -3.04. The highest BCUT2D eigenvalue weighted by Gasteiger charge is 2.36. The molecule has 1 amide bonds. The third-order valence-electron chi connectivity index (χ3n) is 4.80. The first-order chi connectivity index (χ1) is 15.0. The highest BCUT2D eigenvalue weighted by atomic mass is 35.5. The predicted molar refractivity (Wildman–Crippen MR) is 118 cm³/mol. The van der Waals surface area contributed by atoms with Crippen LogP contribution in [0.2, 0.25) is 5.02 Å². The molecule has 1 atom stereocenters. The minimum Gasteiger partial charge on any atom is -0.493 e. The molecule has 8 nitrogen and oxygen atoms in total. The number of ether oxygens (including phenoxy) is 3. The maximum Gasteiger partial charge on any atom is 0.247 e. The number of halogens is 1. The molecule has 160 valence electrons. The highest BCUT2D eigenvalue weighted by molar-refractivity contribution is 7.98. The number of para-hydroxylation sites is 1. The minimum absolute atomic E-state index is 0.242. The van der Waals surface area contributed by atoms with E-state index in [1.165, 1.54) is 37.8 Å². The summed E-state index contributed by atoms with van der Waals surface area (Å²) in [6.45, 7) is 1.46. The maximum absolute atomic E-state index is 12.8. The van der Waals surface area contributed by atoms with E-state index < -0.39 is 6.23 Å². The summed E-state index contributed by atoms with van der Waals surface area (Å²) in [5, 5.41) is 9.26. The fourth-order valence-electron chi connectivity index (χ4n) is 3.40. The van der Waals surface area contributed by atoms with Crippen molar-refractivity contribution in [1.82, 2.24) is 15.2 Å².